The summed E-state index contributed by atoms with van der Waals surface area (Å²) in [5, 5.41) is 9.64. The molecule has 1 aliphatic rings. The number of carbonyl (C=O) groups excluding carboxylic acids is 1. The smallest absolute Gasteiger partial charge is 0.356 e. The fraction of sp³-hybridized carbons (Fsp3) is 0.300. The van der Waals surface area contributed by atoms with Crippen LogP contribution in [0.4, 0.5) is 26.2 Å². The molecule has 1 atom stereocenters. The van der Waals surface area contributed by atoms with E-state index in [0.29, 0.717) is 29.6 Å². The van der Waals surface area contributed by atoms with Crippen LogP contribution in [0.25, 0.3) is 0 Å². The van der Waals surface area contributed by atoms with Crippen LogP contribution >= 0.6 is 0 Å². The van der Waals surface area contributed by atoms with Gasteiger partial charge in [-0.15, -0.1) is 0 Å². The van der Waals surface area contributed by atoms with Crippen molar-refractivity contribution in [2.24, 2.45) is 0 Å². The average Bonchev–Trinajstić information content (AvgIpc) is 3.38. The monoisotopic (exact) mass is 414 g/mol. The van der Waals surface area contributed by atoms with Crippen molar-refractivity contribution in [2.75, 3.05) is 23.4 Å². The summed E-state index contributed by atoms with van der Waals surface area (Å²) in [7, 11) is 0. The number of hydrogen-bond acceptors (Lipinski definition) is 7. The van der Waals surface area contributed by atoms with Crippen LogP contribution in [0.3, 0.4) is 0 Å². The van der Waals surface area contributed by atoms with Crippen molar-refractivity contribution in [1.82, 2.24) is 20.2 Å². The number of rotatable bonds is 6. The Balaban J connectivity index is 1.53. The molecule has 0 aliphatic carbocycles. The van der Waals surface area contributed by atoms with Crippen molar-refractivity contribution < 1.29 is 18.3 Å². The normalized spacial score (nSPS) is 16.0. The molecule has 3 heterocycles. The van der Waals surface area contributed by atoms with Gasteiger partial charge in [0, 0.05) is 30.3 Å². The summed E-state index contributed by atoms with van der Waals surface area (Å²) in [6.07, 6.45) is 2.99. The lowest BCUT2D eigenvalue weighted by Gasteiger charge is -2.26. The quantitative estimate of drug-likeness (QED) is 0.593. The SMILES string of the molecule is CCOC(=O)c1cc(Nc2cc(N3CCCC3c3ccc(F)cc3F)ncn2)n[nH]1. The van der Waals surface area contributed by atoms with Crippen molar-refractivity contribution >= 4 is 23.4 Å². The number of nitrogens with zero attached hydrogens (tertiary/aromatic N) is 4. The number of H-pyrrole nitrogens is 1. The number of nitrogens with one attached hydrogen (secondary N) is 2. The molecule has 0 spiro atoms. The zero-order valence-corrected chi connectivity index (χ0v) is 16.2. The van der Waals surface area contributed by atoms with Gasteiger partial charge in [-0.2, -0.15) is 5.10 Å². The minimum absolute atomic E-state index is 0.222. The Labute approximate surface area is 171 Å². The highest BCUT2D eigenvalue weighted by atomic mass is 19.1. The molecule has 2 N–H and O–H groups in total. The Kier molecular flexibility index (Phi) is 5.55. The van der Waals surface area contributed by atoms with E-state index in [1.165, 1.54) is 24.5 Å². The molecule has 0 radical (unpaired) electrons. The molecule has 10 heteroatoms. The maximum atomic E-state index is 14.3. The molecule has 1 aromatic carbocycles. The third kappa shape index (κ3) is 4.07. The van der Waals surface area contributed by atoms with Crippen LogP contribution in [0.1, 0.15) is 41.9 Å². The highest BCUT2D eigenvalue weighted by Gasteiger charge is 2.29. The predicted molar refractivity (Wildman–Crippen MR) is 106 cm³/mol. The molecule has 1 unspecified atom stereocenters. The molecule has 30 heavy (non-hydrogen) atoms. The summed E-state index contributed by atoms with van der Waals surface area (Å²) >= 11 is 0. The van der Waals surface area contributed by atoms with Crippen molar-refractivity contribution in [3.8, 4) is 0 Å². The second-order valence-electron chi connectivity index (χ2n) is 6.79. The van der Waals surface area contributed by atoms with Gasteiger partial charge in [-0.3, -0.25) is 5.10 Å². The molecule has 0 bridgehead atoms. The van der Waals surface area contributed by atoms with Gasteiger partial charge in [0.25, 0.3) is 0 Å². The van der Waals surface area contributed by atoms with Crippen LogP contribution in [0.2, 0.25) is 0 Å². The standard InChI is InChI=1S/C20H20F2N6O2/c1-2-30-20(29)15-9-18(27-26-15)25-17-10-19(24-11-23-17)28-7-3-4-16(28)13-6-5-12(21)8-14(13)22/h5-6,8-11,16H,2-4,7H2,1H3,(H2,23,24,25,26,27). The molecule has 2 aromatic heterocycles. The fourth-order valence-electron chi connectivity index (χ4n) is 3.54. The zero-order chi connectivity index (χ0) is 21.1. The van der Waals surface area contributed by atoms with Crippen LogP contribution in [-0.4, -0.2) is 39.3 Å². The maximum absolute atomic E-state index is 14.3. The van der Waals surface area contributed by atoms with Gasteiger partial charge in [-0.05, 0) is 25.8 Å². The Morgan fingerprint density at radius 1 is 1.27 bits per heavy atom. The molecule has 156 valence electrons. The average molecular weight is 414 g/mol. The van der Waals surface area contributed by atoms with Crippen molar-refractivity contribution in [3.05, 3.63) is 59.6 Å². The van der Waals surface area contributed by atoms with E-state index in [9.17, 15) is 13.6 Å². The Bertz CT molecular complexity index is 1060. The van der Waals surface area contributed by atoms with Gasteiger partial charge in [0.2, 0.25) is 0 Å². The second kappa shape index (κ2) is 8.44. The minimum Gasteiger partial charge on any atom is -0.461 e. The van der Waals surface area contributed by atoms with E-state index in [1.54, 1.807) is 13.0 Å². The van der Waals surface area contributed by atoms with Gasteiger partial charge in [0.1, 0.15) is 35.3 Å². The number of ether oxygens (including phenoxy) is 1. The van der Waals surface area contributed by atoms with Crippen molar-refractivity contribution in [1.29, 1.82) is 0 Å². The Hall–Kier alpha value is -3.56. The first-order chi connectivity index (χ1) is 14.5. The molecular formula is C20H20F2N6O2. The van der Waals surface area contributed by atoms with Gasteiger partial charge in [0.15, 0.2) is 5.82 Å². The number of aromatic amines is 1. The van der Waals surface area contributed by atoms with Gasteiger partial charge in [0.05, 0.1) is 12.6 Å². The topological polar surface area (TPSA) is 96.0 Å². The van der Waals surface area contributed by atoms with Crippen LogP contribution in [0.15, 0.2) is 36.7 Å². The number of benzene rings is 1. The number of aromatic nitrogens is 4. The van der Waals surface area contributed by atoms with Crippen LogP contribution < -0.4 is 10.2 Å². The minimum atomic E-state index is -0.601. The largest absolute Gasteiger partial charge is 0.461 e. The van der Waals surface area contributed by atoms with Crippen molar-refractivity contribution in [2.45, 2.75) is 25.8 Å². The summed E-state index contributed by atoms with van der Waals surface area (Å²) in [5.74, 6) is -0.197. The summed E-state index contributed by atoms with van der Waals surface area (Å²) in [4.78, 5) is 22.2. The second-order valence-corrected chi connectivity index (χ2v) is 6.79. The van der Waals surface area contributed by atoms with Gasteiger partial charge >= 0.3 is 5.97 Å². The van der Waals surface area contributed by atoms with Crippen LogP contribution in [-0.2, 0) is 4.74 Å². The van der Waals surface area contributed by atoms with Crippen LogP contribution in [0.5, 0.6) is 0 Å². The fourth-order valence-corrected chi connectivity index (χ4v) is 3.54. The Morgan fingerprint density at radius 2 is 2.13 bits per heavy atom. The van der Waals surface area contributed by atoms with E-state index in [-0.39, 0.29) is 18.3 Å². The van der Waals surface area contributed by atoms with Crippen LogP contribution in [0, 0.1) is 11.6 Å². The first-order valence-corrected chi connectivity index (χ1v) is 9.58. The van der Waals surface area contributed by atoms with E-state index in [2.05, 4.69) is 25.5 Å². The van der Waals surface area contributed by atoms with Gasteiger partial charge < -0.3 is 15.0 Å². The van der Waals surface area contributed by atoms with E-state index in [0.717, 1.165) is 18.9 Å². The van der Waals surface area contributed by atoms with E-state index < -0.39 is 17.6 Å². The van der Waals surface area contributed by atoms with Gasteiger partial charge in [-0.1, -0.05) is 6.07 Å². The number of esters is 1. The van der Waals surface area contributed by atoms with E-state index >= 15 is 0 Å². The van der Waals surface area contributed by atoms with E-state index in [4.69, 9.17) is 4.74 Å². The zero-order valence-electron chi connectivity index (χ0n) is 16.2. The lowest BCUT2D eigenvalue weighted by atomic mass is 10.0. The summed E-state index contributed by atoms with van der Waals surface area (Å²) in [5.41, 5.74) is 0.661. The molecule has 1 saturated heterocycles. The molecule has 4 rings (SSSR count). The first-order valence-electron chi connectivity index (χ1n) is 9.58. The lowest BCUT2D eigenvalue weighted by Crippen LogP contribution is -2.24. The molecule has 1 fully saturated rings. The lowest BCUT2D eigenvalue weighted by molar-refractivity contribution is 0.0519. The molecule has 1 aliphatic heterocycles. The number of halogens is 2. The first kappa shape index (κ1) is 19.7. The van der Waals surface area contributed by atoms with Gasteiger partial charge in [-0.25, -0.2) is 23.5 Å². The van der Waals surface area contributed by atoms with E-state index in [1.807, 2.05) is 4.90 Å². The molecular weight excluding hydrogens is 394 g/mol. The third-order valence-corrected chi connectivity index (χ3v) is 4.85. The third-order valence-electron chi connectivity index (χ3n) is 4.85. The molecule has 3 aromatic rings. The maximum Gasteiger partial charge on any atom is 0.356 e. The summed E-state index contributed by atoms with van der Waals surface area (Å²) < 4.78 is 32.5. The molecule has 8 nitrogen and oxygen atoms in total. The summed E-state index contributed by atoms with van der Waals surface area (Å²) in [6.45, 7) is 2.67. The number of anilines is 3. The summed E-state index contributed by atoms with van der Waals surface area (Å²) in [6, 6.07) is 6.64. The Morgan fingerprint density at radius 3 is 2.93 bits per heavy atom. The predicted octanol–water partition coefficient (Wildman–Crippen LogP) is 3.74. The molecule has 0 saturated carbocycles. The highest BCUT2D eigenvalue weighted by Crippen LogP contribution is 2.37. The van der Waals surface area contributed by atoms with Crippen molar-refractivity contribution in [3.63, 3.8) is 0 Å². The highest BCUT2D eigenvalue weighted by molar-refractivity contribution is 5.88. The number of hydrogen-bond donors (Lipinski definition) is 2. The number of carbonyl (C=O) groups is 1. The molecule has 0 amide bonds.